The summed E-state index contributed by atoms with van der Waals surface area (Å²) >= 11 is 0. The first kappa shape index (κ1) is 13.6. The summed E-state index contributed by atoms with van der Waals surface area (Å²) in [4.78, 5) is 0. The second-order valence-electron chi connectivity index (χ2n) is 4.87. The zero-order valence-electron chi connectivity index (χ0n) is 11.0. The van der Waals surface area contributed by atoms with Crippen LogP contribution in [0, 0.1) is 0 Å². The zero-order valence-corrected chi connectivity index (χ0v) is 11.0. The van der Waals surface area contributed by atoms with Crippen molar-refractivity contribution in [2.45, 2.75) is 18.6 Å². The molecule has 0 heterocycles. The largest absolute Gasteiger partial charge is 0.393 e. The Bertz CT molecular complexity index is 497. The van der Waals surface area contributed by atoms with Crippen molar-refractivity contribution in [3.63, 3.8) is 0 Å². The van der Waals surface area contributed by atoms with Gasteiger partial charge in [-0.15, -0.1) is 0 Å². The van der Waals surface area contributed by atoms with E-state index in [2.05, 4.69) is 5.32 Å². The van der Waals surface area contributed by atoms with E-state index in [4.69, 9.17) is 0 Å². The predicted octanol–water partition coefficient (Wildman–Crippen LogP) is 2.58. The second kappa shape index (κ2) is 5.87. The molecule has 3 N–H and O–H groups in total. The van der Waals surface area contributed by atoms with Crippen LogP contribution < -0.4 is 5.32 Å². The Balaban J connectivity index is 2.31. The van der Waals surface area contributed by atoms with Crippen LogP contribution in [0.5, 0.6) is 0 Å². The minimum absolute atomic E-state index is 0.313. The van der Waals surface area contributed by atoms with E-state index in [9.17, 15) is 10.2 Å². The van der Waals surface area contributed by atoms with Crippen LogP contribution in [0.15, 0.2) is 60.7 Å². The van der Waals surface area contributed by atoms with Crippen molar-refractivity contribution in [1.82, 2.24) is 0 Å². The van der Waals surface area contributed by atoms with E-state index >= 15 is 0 Å². The predicted molar refractivity (Wildman–Crippen MR) is 77.0 cm³/mol. The number of nitrogens with one attached hydrogen (secondary N) is 1. The number of para-hydroxylation sites is 1. The van der Waals surface area contributed by atoms with E-state index in [1.165, 1.54) is 0 Å². The molecule has 0 aromatic heterocycles. The van der Waals surface area contributed by atoms with Gasteiger partial charge in [-0.1, -0.05) is 48.5 Å². The summed E-state index contributed by atoms with van der Waals surface area (Å²) in [6.45, 7) is 1.31. The molecule has 19 heavy (non-hydrogen) atoms. The Labute approximate surface area is 113 Å². The molecule has 3 nitrogen and oxygen atoms in total. The quantitative estimate of drug-likeness (QED) is 0.771. The topological polar surface area (TPSA) is 52.5 Å². The van der Waals surface area contributed by atoms with E-state index in [0.717, 1.165) is 11.3 Å². The molecular weight excluding hydrogens is 238 g/mol. The first-order chi connectivity index (χ1) is 9.13. The van der Waals surface area contributed by atoms with Gasteiger partial charge in [-0.2, -0.15) is 0 Å². The smallest absolute Gasteiger partial charge is 0.109 e. The molecule has 2 rings (SSSR count). The Hall–Kier alpha value is -1.84. The lowest BCUT2D eigenvalue weighted by Crippen LogP contribution is -2.40. The lowest BCUT2D eigenvalue weighted by Gasteiger charge is -2.33. The minimum Gasteiger partial charge on any atom is -0.393 e. The van der Waals surface area contributed by atoms with E-state index in [0.29, 0.717) is 0 Å². The molecule has 0 saturated carbocycles. The van der Waals surface area contributed by atoms with E-state index in [1.54, 1.807) is 6.92 Å². The fourth-order valence-corrected chi connectivity index (χ4v) is 2.04. The van der Waals surface area contributed by atoms with Gasteiger partial charge in [-0.05, 0) is 24.6 Å². The maximum atomic E-state index is 10.4. The molecular formula is C16H19NO2. The van der Waals surface area contributed by atoms with Gasteiger partial charge < -0.3 is 15.5 Å². The third-order valence-corrected chi connectivity index (χ3v) is 3.16. The van der Waals surface area contributed by atoms with Gasteiger partial charge >= 0.3 is 0 Å². The van der Waals surface area contributed by atoms with Crippen molar-refractivity contribution in [1.29, 1.82) is 0 Å². The lowest BCUT2D eigenvalue weighted by molar-refractivity contribution is -0.0145. The molecule has 0 aliphatic rings. The Morgan fingerprint density at radius 1 is 1.00 bits per heavy atom. The number of aliphatic hydroxyl groups is 2. The molecule has 0 fully saturated rings. The highest BCUT2D eigenvalue weighted by Gasteiger charge is 2.32. The number of aliphatic hydroxyl groups excluding tert-OH is 1. The van der Waals surface area contributed by atoms with Gasteiger partial charge in [0.2, 0.25) is 0 Å². The summed E-state index contributed by atoms with van der Waals surface area (Å²) in [5.74, 6) is 0. The van der Waals surface area contributed by atoms with Crippen LogP contribution >= 0.6 is 0 Å². The molecule has 0 bridgehead atoms. The molecule has 0 amide bonds. The highest BCUT2D eigenvalue weighted by atomic mass is 16.3. The number of anilines is 1. The van der Waals surface area contributed by atoms with Crippen molar-refractivity contribution in [2.75, 3.05) is 11.9 Å². The van der Waals surface area contributed by atoms with Crippen LogP contribution in [0.3, 0.4) is 0 Å². The summed E-state index contributed by atoms with van der Waals surface area (Å²) < 4.78 is 0. The fourth-order valence-electron chi connectivity index (χ4n) is 2.04. The third kappa shape index (κ3) is 3.34. The summed E-state index contributed by atoms with van der Waals surface area (Å²) in [7, 11) is 0. The van der Waals surface area contributed by atoms with Crippen LogP contribution in [0.25, 0.3) is 0 Å². The van der Waals surface area contributed by atoms with E-state index in [-0.39, 0.29) is 12.6 Å². The Morgan fingerprint density at radius 3 is 2.05 bits per heavy atom. The highest BCUT2D eigenvalue weighted by molar-refractivity contribution is 5.46. The summed E-state index contributed by atoms with van der Waals surface area (Å²) in [6.07, 6.45) is 0. The zero-order chi connectivity index (χ0) is 13.7. The molecule has 2 atom stereocenters. The maximum Gasteiger partial charge on any atom is 0.109 e. The van der Waals surface area contributed by atoms with Gasteiger partial charge in [0.1, 0.15) is 5.60 Å². The van der Waals surface area contributed by atoms with Crippen LogP contribution in [0.1, 0.15) is 18.5 Å². The molecule has 0 radical (unpaired) electrons. The summed E-state index contributed by atoms with van der Waals surface area (Å²) in [6, 6.07) is 18.9. The summed E-state index contributed by atoms with van der Waals surface area (Å²) in [5.41, 5.74) is 0.604. The van der Waals surface area contributed by atoms with Crippen molar-refractivity contribution in [3.8, 4) is 0 Å². The summed E-state index contributed by atoms with van der Waals surface area (Å²) in [5, 5.41) is 23.1. The number of benzene rings is 2. The standard InChI is InChI=1S/C16H19NO2/c1-16(19,12-18)15(13-8-4-2-5-9-13)17-14-10-6-3-7-11-14/h2-11,15,17-19H,12H2,1H3. The van der Waals surface area contributed by atoms with Crippen LogP contribution in [-0.4, -0.2) is 22.4 Å². The van der Waals surface area contributed by atoms with Crippen LogP contribution in [0.4, 0.5) is 5.69 Å². The van der Waals surface area contributed by atoms with Crippen molar-refractivity contribution in [2.24, 2.45) is 0 Å². The molecule has 2 aromatic carbocycles. The van der Waals surface area contributed by atoms with Crippen molar-refractivity contribution in [3.05, 3.63) is 66.2 Å². The first-order valence-corrected chi connectivity index (χ1v) is 6.33. The molecule has 2 aromatic rings. The van der Waals surface area contributed by atoms with Crippen LogP contribution in [-0.2, 0) is 0 Å². The van der Waals surface area contributed by atoms with Gasteiger partial charge in [-0.3, -0.25) is 0 Å². The van der Waals surface area contributed by atoms with E-state index < -0.39 is 5.60 Å². The van der Waals surface area contributed by atoms with Gasteiger partial charge in [0.15, 0.2) is 0 Å². The van der Waals surface area contributed by atoms with Gasteiger partial charge in [0, 0.05) is 5.69 Å². The molecule has 3 heteroatoms. The third-order valence-electron chi connectivity index (χ3n) is 3.16. The first-order valence-electron chi connectivity index (χ1n) is 6.33. The number of hydrogen-bond acceptors (Lipinski definition) is 3. The van der Waals surface area contributed by atoms with E-state index in [1.807, 2.05) is 60.7 Å². The minimum atomic E-state index is -1.24. The molecule has 0 saturated heterocycles. The fraction of sp³-hybridized carbons (Fsp3) is 0.250. The van der Waals surface area contributed by atoms with Gasteiger partial charge in [0.25, 0.3) is 0 Å². The average Bonchev–Trinajstić information content (AvgIpc) is 2.46. The number of hydrogen-bond donors (Lipinski definition) is 3. The molecule has 2 unspecified atom stereocenters. The Kier molecular flexibility index (Phi) is 4.20. The Morgan fingerprint density at radius 2 is 1.53 bits per heavy atom. The lowest BCUT2D eigenvalue weighted by atomic mass is 9.90. The van der Waals surface area contributed by atoms with Crippen molar-refractivity contribution < 1.29 is 10.2 Å². The van der Waals surface area contributed by atoms with Gasteiger partial charge in [0.05, 0.1) is 12.6 Å². The molecule has 100 valence electrons. The second-order valence-corrected chi connectivity index (χ2v) is 4.87. The monoisotopic (exact) mass is 257 g/mol. The average molecular weight is 257 g/mol. The maximum absolute atomic E-state index is 10.4. The van der Waals surface area contributed by atoms with Gasteiger partial charge in [-0.25, -0.2) is 0 Å². The number of rotatable bonds is 5. The SMILES string of the molecule is CC(O)(CO)C(Nc1ccccc1)c1ccccc1. The normalized spacial score (nSPS) is 15.5. The molecule has 0 aliphatic carbocycles. The van der Waals surface area contributed by atoms with Crippen LogP contribution in [0.2, 0.25) is 0 Å². The van der Waals surface area contributed by atoms with Crippen molar-refractivity contribution >= 4 is 5.69 Å². The molecule has 0 spiro atoms. The molecule has 0 aliphatic heterocycles. The highest BCUT2D eigenvalue weighted by Crippen LogP contribution is 2.29.